The summed E-state index contributed by atoms with van der Waals surface area (Å²) in [5.74, 6) is 2.91. The Morgan fingerprint density at radius 3 is 2.65 bits per heavy atom. The van der Waals surface area contributed by atoms with Gasteiger partial charge < -0.3 is 15.0 Å². The molecule has 0 atom stereocenters. The number of carbonyl (C=O) groups excluding carboxylic acids is 1. The van der Waals surface area contributed by atoms with Crippen LogP contribution in [0, 0.1) is 13.8 Å². The highest BCUT2D eigenvalue weighted by molar-refractivity contribution is 7.99. The number of hydrogen-bond donors (Lipinski definition) is 1. The van der Waals surface area contributed by atoms with E-state index in [1.807, 2.05) is 49.1 Å². The second-order valence-corrected chi connectivity index (χ2v) is 10.6. The molecule has 9 nitrogen and oxygen atoms in total. The first-order chi connectivity index (χ1) is 18.0. The minimum absolute atomic E-state index is 0.120. The van der Waals surface area contributed by atoms with Crippen LogP contribution in [-0.2, 0) is 4.79 Å². The molecular formula is C26H27N7O2S2. The van der Waals surface area contributed by atoms with Gasteiger partial charge in [0.05, 0.1) is 5.69 Å². The van der Waals surface area contributed by atoms with Crippen LogP contribution in [-0.4, -0.2) is 48.2 Å². The molecule has 1 aliphatic heterocycles. The Bertz CT molecular complexity index is 1400. The molecule has 1 amide bonds. The van der Waals surface area contributed by atoms with Crippen molar-refractivity contribution in [1.82, 2.24) is 29.2 Å². The Kier molecular flexibility index (Phi) is 7.61. The molecule has 0 aliphatic carbocycles. The van der Waals surface area contributed by atoms with Crippen molar-refractivity contribution in [2.75, 3.05) is 18.4 Å². The minimum Gasteiger partial charge on any atom is -0.452 e. The summed E-state index contributed by atoms with van der Waals surface area (Å²) in [6.07, 6.45) is 7.04. The number of carbonyl (C=O) groups is 1. The molecular weight excluding hydrogens is 506 g/mol. The average molecular weight is 534 g/mol. The van der Waals surface area contributed by atoms with E-state index in [9.17, 15) is 4.79 Å². The summed E-state index contributed by atoms with van der Waals surface area (Å²) in [7, 11) is 0. The number of ether oxygens (including phenoxy) is 1. The van der Waals surface area contributed by atoms with E-state index in [0.717, 1.165) is 52.9 Å². The summed E-state index contributed by atoms with van der Waals surface area (Å²) >= 11 is 2.83. The monoisotopic (exact) mass is 533 g/mol. The third kappa shape index (κ3) is 6.05. The van der Waals surface area contributed by atoms with Crippen LogP contribution in [0.1, 0.15) is 42.8 Å². The molecule has 0 radical (unpaired) electrons. The van der Waals surface area contributed by atoms with Gasteiger partial charge in [0, 0.05) is 67.0 Å². The van der Waals surface area contributed by atoms with E-state index in [4.69, 9.17) is 9.72 Å². The average Bonchev–Trinajstić information content (AvgIpc) is 3.37. The standard InChI is InChI=1S/C26H27N7O2S2/c1-16-6-4-11-28-25(16)36-20-14-22(35-21-7-5-10-27-17(21)2)24(29-15-20)31-26-30-23(32-37-26)19-8-12-33(13-9-19)18(3)34/h4-7,10-11,14-15,19H,8-9,12-13H2,1-3H3,(H,29,30,31,32). The van der Waals surface area contributed by atoms with Crippen molar-refractivity contribution in [2.24, 2.45) is 0 Å². The number of pyridine rings is 3. The van der Waals surface area contributed by atoms with Gasteiger partial charge in [0.2, 0.25) is 11.0 Å². The summed E-state index contributed by atoms with van der Waals surface area (Å²) in [5, 5.41) is 4.86. The highest BCUT2D eigenvalue weighted by atomic mass is 32.2. The molecule has 190 valence electrons. The number of piperidine rings is 1. The van der Waals surface area contributed by atoms with Gasteiger partial charge in [-0.15, -0.1) is 0 Å². The smallest absolute Gasteiger partial charge is 0.219 e. The highest BCUT2D eigenvalue weighted by Crippen LogP contribution is 2.37. The molecule has 0 spiro atoms. The fourth-order valence-corrected chi connectivity index (χ4v) is 5.53. The molecule has 1 aliphatic rings. The van der Waals surface area contributed by atoms with Crippen LogP contribution >= 0.6 is 23.3 Å². The maximum atomic E-state index is 11.6. The molecule has 0 aromatic carbocycles. The zero-order valence-corrected chi connectivity index (χ0v) is 22.5. The van der Waals surface area contributed by atoms with Gasteiger partial charge in [-0.2, -0.15) is 4.37 Å². The van der Waals surface area contributed by atoms with Crippen molar-refractivity contribution >= 4 is 40.2 Å². The van der Waals surface area contributed by atoms with Crippen LogP contribution in [0.4, 0.5) is 10.9 Å². The van der Waals surface area contributed by atoms with Crippen molar-refractivity contribution in [3.05, 3.63) is 66.0 Å². The Labute approximate surface area is 223 Å². The van der Waals surface area contributed by atoms with Crippen molar-refractivity contribution in [2.45, 2.75) is 49.5 Å². The van der Waals surface area contributed by atoms with Crippen LogP contribution in [0.15, 0.2) is 58.8 Å². The van der Waals surface area contributed by atoms with Crippen LogP contribution < -0.4 is 10.1 Å². The third-order valence-electron chi connectivity index (χ3n) is 6.15. The number of nitrogens with one attached hydrogen (secondary N) is 1. The number of aromatic nitrogens is 5. The van der Waals surface area contributed by atoms with E-state index in [1.165, 1.54) is 23.3 Å². The number of aryl methyl sites for hydroxylation is 2. The normalized spacial score (nSPS) is 14.0. The number of likely N-dealkylation sites (tertiary alicyclic amines) is 1. The predicted octanol–water partition coefficient (Wildman–Crippen LogP) is 5.75. The van der Waals surface area contributed by atoms with Gasteiger partial charge in [-0.25, -0.2) is 15.0 Å². The Balaban J connectivity index is 1.38. The largest absolute Gasteiger partial charge is 0.452 e. The molecule has 4 aromatic heterocycles. The summed E-state index contributed by atoms with van der Waals surface area (Å²) in [6, 6.07) is 9.62. The Morgan fingerprint density at radius 2 is 1.89 bits per heavy atom. The van der Waals surface area contributed by atoms with Gasteiger partial charge in [-0.3, -0.25) is 9.78 Å². The second-order valence-electron chi connectivity index (χ2n) is 8.80. The third-order valence-corrected chi connectivity index (χ3v) is 7.88. The van der Waals surface area contributed by atoms with Gasteiger partial charge in [-0.1, -0.05) is 17.8 Å². The van der Waals surface area contributed by atoms with Crippen LogP contribution in [0.5, 0.6) is 11.5 Å². The quantitative estimate of drug-likeness (QED) is 0.318. The van der Waals surface area contributed by atoms with Gasteiger partial charge in [0.1, 0.15) is 16.6 Å². The zero-order chi connectivity index (χ0) is 25.8. The summed E-state index contributed by atoms with van der Waals surface area (Å²) in [5.41, 5.74) is 1.87. The first kappa shape index (κ1) is 25.1. The van der Waals surface area contributed by atoms with Crippen LogP contribution in [0.3, 0.4) is 0 Å². The lowest BCUT2D eigenvalue weighted by molar-refractivity contribution is -0.129. The molecule has 1 saturated heterocycles. The molecule has 0 saturated carbocycles. The lowest BCUT2D eigenvalue weighted by atomic mass is 9.96. The van der Waals surface area contributed by atoms with Crippen molar-refractivity contribution in [1.29, 1.82) is 0 Å². The highest BCUT2D eigenvalue weighted by Gasteiger charge is 2.25. The lowest BCUT2D eigenvalue weighted by Crippen LogP contribution is -2.36. The van der Waals surface area contributed by atoms with E-state index in [2.05, 4.69) is 24.6 Å². The molecule has 5 heterocycles. The number of nitrogens with zero attached hydrogens (tertiary/aromatic N) is 6. The first-order valence-electron chi connectivity index (χ1n) is 12.0. The molecule has 11 heteroatoms. The molecule has 0 bridgehead atoms. The molecule has 4 aromatic rings. The zero-order valence-electron chi connectivity index (χ0n) is 20.8. The number of anilines is 2. The van der Waals surface area contributed by atoms with Gasteiger partial charge >= 0.3 is 0 Å². The van der Waals surface area contributed by atoms with Crippen molar-refractivity contribution in [3.63, 3.8) is 0 Å². The van der Waals surface area contributed by atoms with Crippen molar-refractivity contribution < 1.29 is 9.53 Å². The van der Waals surface area contributed by atoms with E-state index in [1.54, 1.807) is 25.5 Å². The van der Waals surface area contributed by atoms with Crippen LogP contribution in [0.2, 0.25) is 0 Å². The van der Waals surface area contributed by atoms with E-state index in [-0.39, 0.29) is 11.8 Å². The predicted molar refractivity (Wildman–Crippen MR) is 144 cm³/mol. The topological polar surface area (TPSA) is 106 Å². The van der Waals surface area contributed by atoms with E-state index < -0.39 is 0 Å². The fourth-order valence-electron chi connectivity index (χ4n) is 4.04. The number of rotatable bonds is 7. The molecule has 1 fully saturated rings. The summed E-state index contributed by atoms with van der Waals surface area (Å²) in [4.78, 5) is 32.6. The van der Waals surface area contributed by atoms with Gasteiger partial charge in [0.25, 0.3) is 0 Å². The fraction of sp³-hybridized carbons (Fsp3) is 0.308. The number of amides is 1. The molecule has 1 N–H and O–H groups in total. The van der Waals surface area contributed by atoms with Crippen LogP contribution in [0.25, 0.3) is 0 Å². The minimum atomic E-state index is 0.120. The SMILES string of the molecule is CC(=O)N1CCC(c2nsc(Nc3ncc(Sc4ncccc4C)cc3Oc3cccnc3C)n2)CC1. The molecule has 37 heavy (non-hydrogen) atoms. The maximum absolute atomic E-state index is 11.6. The Hall–Kier alpha value is -3.57. The summed E-state index contributed by atoms with van der Waals surface area (Å²) in [6.45, 7) is 7.03. The number of hydrogen-bond acceptors (Lipinski definition) is 10. The van der Waals surface area contributed by atoms with E-state index >= 15 is 0 Å². The summed E-state index contributed by atoms with van der Waals surface area (Å²) < 4.78 is 10.9. The molecule has 0 unspecified atom stereocenters. The first-order valence-corrected chi connectivity index (χ1v) is 13.6. The van der Waals surface area contributed by atoms with Gasteiger partial charge in [0.15, 0.2) is 11.6 Å². The maximum Gasteiger partial charge on any atom is 0.219 e. The molecule has 5 rings (SSSR count). The lowest BCUT2D eigenvalue weighted by Gasteiger charge is -2.29. The Morgan fingerprint density at radius 1 is 1.11 bits per heavy atom. The van der Waals surface area contributed by atoms with Crippen molar-refractivity contribution in [3.8, 4) is 11.5 Å². The van der Waals surface area contributed by atoms with E-state index in [0.29, 0.717) is 22.4 Å². The second kappa shape index (κ2) is 11.2. The van der Waals surface area contributed by atoms with Gasteiger partial charge in [-0.05, 0) is 50.5 Å².